The van der Waals surface area contributed by atoms with Crippen LogP contribution < -0.4 is 17.0 Å². The van der Waals surface area contributed by atoms with E-state index in [9.17, 15) is 23.9 Å². The highest BCUT2D eigenvalue weighted by Crippen LogP contribution is 2.30. The smallest absolute Gasteiger partial charge is 0.387 e. The monoisotopic (exact) mass is 584 g/mol. The average molecular weight is 585 g/mol. The molecule has 0 amide bonds. The Labute approximate surface area is 241 Å². The highest BCUT2D eigenvalue weighted by atomic mass is 32.1. The zero-order valence-electron chi connectivity index (χ0n) is 22.4. The lowest BCUT2D eigenvalue weighted by molar-refractivity contribution is 0.153. The van der Waals surface area contributed by atoms with Crippen molar-refractivity contribution in [3.63, 3.8) is 0 Å². The Balaban J connectivity index is 1.37. The van der Waals surface area contributed by atoms with Crippen LogP contribution in [0.2, 0.25) is 0 Å². The number of rotatable bonds is 8. The van der Waals surface area contributed by atoms with Crippen molar-refractivity contribution in [3.8, 4) is 22.5 Å². The van der Waals surface area contributed by atoms with Crippen LogP contribution in [0.4, 0.5) is 4.39 Å². The molecule has 0 spiro atoms. The fraction of sp³-hybridized carbons (Fsp3) is 0.161. The van der Waals surface area contributed by atoms with Crippen LogP contribution in [-0.4, -0.2) is 24.4 Å². The zero-order chi connectivity index (χ0) is 29.4. The number of aliphatic hydroxyl groups is 1. The Morgan fingerprint density at radius 3 is 2.36 bits per heavy atom. The molecule has 0 bridgehead atoms. The van der Waals surface area contributed by atoms with E-state index in [1.807, 2.05) is 55.5 Å². The van der Waals surface area contributed by atoms with E-state index in [0.717, 1.165) is 26.1 Å². The van der Waals surface area contributed by atoms with Gasteiger partial charge in [0, 0.05) is 10.4 Å². The summed E-state index contributed by atoms with van der Waals surface area (Å²) in [5.74, 6) is -0.763. The molecule has 0 aliphatic rings. The van der Waals surface area contributed by atoms with Crippen LogP contribution in [0.3, 0.4) is 0 Å². The third-order valence-corrected chi connectivity index (χ3v) is 8.44. The number of thiophene rings is 1. The molecule has 0 saturated heterocycles. The summed E-state index contributed by atoms with van der Waals surface area (Å²) in [4.78, 5) is 42.8. The number of halogens is 1. The van der Waals surface area contributed by atoms with E-state index >= 15 is 0 Å². The number of benzene rings is 3. The number of nitrogens with zero attached hydrogens (tertiary/aromatic N) is 3. The molecule has 6 rings (SSSR count). The van der Waals surface area contributed by atoms with Gasteiger partial charge in [0.05, 0.1) is 24.6 Å². The van der Waals surface area contributed by atoms with Gasteiger partial charge in [-0.05, 0) is 46.9 Å². The second kappa shape index (κ2) is 11.2. The van der Waals surface area contributed by atoms with Gasteiger partial charge < -0.3 is 5.11 Å². The topological polar surface area (TPSA) is 123 Å². The summed E-state index contributed by atoms with van der Waals surface area (Å²) in [6.45, 7) is 1.91. The molecule has 3 heterocycles. The van der Waals surface area contributed by atoms with Crippen molar-refractivity contribution in [2.24, 2.45) is 0 Å². The molecule has 6 aromatic rings. The second-order valence-electron chi connectivity index (χ2n) is 9.82. The zero-order valence-corrected chi connectivity index (χ0v) is 23.2. The molecule has 0 aliphatic heterocycles. The standard InChI is InChI=1S/C31H25FN4O5S/c1-2-22-15-25-28(38)35(17-26(37)20-11-13-21(32)14-12-20)31(40)36(29(25)42-22)16-18-7-9-19(10-8-18)23-5-3-4-6-24(23)27-33-30(39)41-34-27/h3-15,26,37H,2,16-17H2,1H3,(H,33,34,39). The third-order valence-electron chi connectivity index (χ3n) is 7.13. The first kappa shape index (κ1) is 27.3. The minimum atomic E-state index is -1.18. The van der Waals surface area contributed by atoms with Gasteiger partial charge in [-0.15, -0.1) is 11.3 Å². The Morgan fingerprint density at radius 1 is 0.976 bits per heavy atom. The van der Waals surface area contributed by atoms with E-state index in [-0.39, 0.29) is 13.1 Å². The quantitative estimate of drug-likeness (QED) is 0.267. The SMILES string of the molecule is CCc1cc2c(=O)n(CC(O)c3ccc(F)cc3)c(=O)n(Cc3ccc(-c4ccccc4-c4noc(=O)[nH]4)cc3)c2s1. The summed E-state index contributed by atoms with van der Waals surface area (Å²) in [6.07, 6.45) is -0.471. The minimum absolute atomic E-state index is 0.199. The maximum atomic E-state index is 13.7. The van der Waals surface area contributed by atoms with Crippen molar-refractivity contribution in [2.45, 2.75) is 32.5 Å². The van der Waals surface area contributed by atoms with Crippen LogP contribution in [0.5, 0.6) is 0 Å². The van der Waals surface area contributed by atoms with Crippen molar-refractivity contribution in [1.29, 1.82) is 0 Å². The first-order chi connectivity index (χ1) is 20.3. The Kier molecular flexibility index (Phi) is 7.27. The van der Waals surface area contributed by atoms with Gasteiger partial charge in [0.25, 0.3) is 5.56 Å². The number of fused-ring (bicyclic) bond motifs is 1. The largest absolute Gasteiger partial charge is 0.439 e. The lowest BCUT2D eigenvalue weighted by Crippen LogP contribution is -2.41. The van der Waals surface area contributed by atoms with Crippen LogP contribution in [0.25, 0.3) is 32.7 Å². The molecule has 3 aromatic carbocycles. The summed E-state index contributed by atoms with van der Waals surface area (Å²) < 4.78 is 20.7. The molecule has 11 heteroatoms. The van der Waals surface area contributed by atoms with Crippen LogP contribution in [0.1, 0.15) is 29.0 Å². The van der Waals surface area contributed by atoms with Gasteiger partial charge in [0.15, 0.2) is 5.82 Å². The number of aromatic amines is 1. The van der Waals surface area contributed by atoms with Gasteiger partial charge in [-0.25, -0.2) is 14.0 Å². The highest BCUT2D eigenvalue weighted by Gasteiger charge is 2.20. The Bertz CT molecular complexity index is 2070. The van der Waals surface area contributed by atoms with Gasteiger partial charge in [-0.1, -0.05) is 72.7 Å². The molecule has 0 fully saturated rings. The predicted octanol–water partition coefficient (Wildman–Crippen LogP) is 4.72. The van der Waals surface area contributed by atoms with Crippen molar-refractivity contribution in [3.05, 3.63) is 132 Å². The predicted molar refractivity (Wildman–Crippen MR) is 158 cm³/mol. The number of aromatic nitrogens is 4. The van der Waals surface area contributed by atoms with E-state index in [1.54, 1.807) is 10.6 Å². The molecule has 1 unspecified atom stereocenters. The average Bonchev–Trinajstić information content (AvgIpc) is 3.65. The van der Waals surface area contributed by atoms with E-state index in [2.05, 4.69) is 14.7 Å². The number of H-pyrrole nitrogens is 1. The van der Waals surface area contributed by atoms with E-state index in [1.165, 1.54) is 35.6 Å². The Hall–Kier alpha value is -4.87. The van der Waals surface area contributed by atoms with Gasteiger partial charge in [0.2, 0.25) is 0 Å². The summed E-state index contributed by atoms with van der Waals surface area (Å²) in [7, 11) is 0. The van der Waals surface area contributed by atoms with Crippen LogP contribution >= 0.6 is 11.3 Å². The van der Waals surface area contributed by atoms with Crippen molar-refractivity contribution < 1.29 is 14.0 Å². The van der Waals surface area contributed by atoms with Gasteiger partial charge >= 0.3 is 11.4 Å². The highest BCUT2D eigenvalue weighted by molar-refractivity contribution is 7.18. The van der Waals surface area contributed by atoms with Crippen molar-refractivity contribution in [1.82, 2.24) is 19.3 Å². The molecular formula is C31H25FN4O5S. The first-order valence-electron chi connectivity index (χ1n) is 13.3. The number of nitrogens with one attached hydrogen (secondary N) is 1. The lowest BCUT2D eigenvalue weighted by atomic mass is 9.98. The molecule has 212 valence electrons. The second-order valence-corrected chi connectivity index (χ2v) is 10.9. The van der Waals surface area contributed by atoms with Gasteiger partial charge in [-0.2, -0.15) is 0 Å². The first-order valence-corrected chi connectivity index (χ1v) is 14.1. The van der Waals surface area contributed by atoms with Gasteiger partial charge in [0.1, 0.15) is 10.6 Å². The normalized spacial score (nSPS) is 12.2. The molecule has 0 aliphatic carbocycles. The van der Waals surface area contributed by atoms with E-state index in [0.29, 0.717) is 33.6 Å². The molecule has 9 nitrogen and oxygen atoms in total. The number of hydrogen-bond acceptors (Lipinski definition) is 7. The summed E-state index contributed by atoms with van der Waals surface area (Å²) >= 11 is 1.40. The molecule has 2 N–H and O–H groups in total. The molecule has 0 radical (unpaired) electrons. The van der Waals surface area contributed by atoms with Crippen molar-refractivity contribution >= 4 is 21.6 Å². The molecule has 1 atom stereocenters. The van der Waals surface area contributed by atoms with Crippen LogP contribution in [0.15, 0.2) is 97.8 Å². The maximum Gasteiger partial charge on any atom is 0.439 e. The number of hydrogen-bond donors (Lipinski definition) is 2. The molecular weight excluding hydrogens is 559 g/mol. The summed E-state index contributed by atoms with van der Waals surface area (Å²) in [5, 5.41) is 15.0. The van der Waals surface area contributed by atoms with Crippen LogP contribution in [-0.2, 0) is 19.5 Å². The number of aliphatic hydroxyl groups excluding tert-OH is 1. The summed E-state index contributed by atoms with van der Waals surface area (Å²) in [6, 6.07) is 22.2. The van der Waals surface area contributed by atoms with E-state index in [4.69, 9.17) is 0 Å². The van der Waals surface area contributed by atoms with E-state index < -0.39 is 28.9 Å². The third kappa shape index (κ3) is 5.15. The van der Waals surface area contributed by atoms with Gasteiger partial charge in [-0.3, -0.25) is 23.4 Å². The molecule has 0 saturated carbocycles. The fourth-order valence-corrected chi connectivity index (χ4v) is 6.03. The maximum absolute atomic E-state index is 13.7. The Morgan fingerprint density at radius 2 is 1.69 bits per heavy atom. The fourth-order valence-electron chi connectivity index (χ4n) is 4.95. The molecule has 42 heavy (non-hydrogen) atoms. The lowest BCUT2D eigenvalue weighted by Gasteiger charge is -2.16. The summed E-state index contributed by atoms with van der Waals surface area (Å²) in [5.41, 5.74) is 2.62. The molecule has 3 aromatic heterocycles. The number of aryl methyl sites for hydroxylation is 1. The van der Waals surface area contributed by atoms with Crippen LogP contribution in [0, 0.1) is 5.82 Å². The minimum Gasteiger partial charge on any atom is -0.387 e. The van der Waals surface area contributed by atoms with Crippen molar-refractivity contribution in [2.75, 3.05) is 0 Å².